The van der Waals surface area contributed by atoms with E-state index in [0.717, 1.165) is 22.3 Å². The molecular formula is C17H17ClFN3O2. The summed E-state index contributed by atoms with van der Waals surface area (Å²) in [5, 5.41) is 3.98. The van der Waals surface area contributed by atoms with E-state index >= 15 is 0 Å². The Hall–Kier alpha value is -2.60. The number of rotatable bonds is 5. The fraction of sp³-hybridized carbons (Fsp3) is 0.176. The van der Waals surface area contributed by atoms with Gasteiger partial charge in [0.1, 0.15) is 18.2 Å². The normalized spacial score (nSPS) is 10.8. The van der Waals surface area contributed by atoms with Crippen molar-refractivity contribution in [2.45, 2.75) is 20.5 Å². The molecule has 0 aromatic heterocycles. The molecule has 0 saturated heterocycles. The van der Waals surface area contributed by atoms with Gasteiger partial charge in [-0.1, -0.05) is 17.7 Å². The third kappa shape index (κ3) is 4.70. The van der Waals surface area contributed by atoms with Crippen molar-refractivity contribution in [2.75, 3.05) is 0 Å². The first-order chi connectivity index (χ1) is 11.4. The Morgan fingerprint density at radius 3 is 2.75 bits per heavy atom. The highest BCUT2D eigenvalue weighted by Gasteiger charge is 2.07. The molecular weight excluding hydrogens is 333 g/mol. The van der Waals surface area contributed by atoms with Crippen LogP contribution in [-0.2, 0) is 6.61 Å². The van der Waals surface area contributed by atoms with E-state index in [0.29, 0.717) is 5.75 Å². The summed E-state index contributed by atoms with van der Waals surface area (Å²) in [5.74, 6) is -0.0111. The molecule has 0 heterocycles. The number of hydrogen-bond acceptors (Lipinski definition) is 3. The molecule has 7 heteroatoms. The summed E-state index contributed by atoms with van der Waals surface area (Å²) in [6.45, 7) is 4.15. The number of urea groups is 1. The van der Waals surface area contributed by atoms with E-state index in [1.54, 1.807) is 0 Å². The summed E-state index contributed by atoms with van der Waals surface area (Å²) in [7, 11) is 0. The van der Waals surface area contributed by atoms with Crippen molar-refractivity contribution in [3.63, 3.8) is 0 Å². The van der Waals surface area contributed by atoms with Crippen LogP contribution >= 0.6 is 11.6 Å². The number of aryl methyl sites for hydroxylation is 2. The van der Waals surface area contributed by atoms with Crippen LogP contribution in [0.5, 0.6) is 5.75 Å². The third-order valence-electron chi connectivity index (χ3n) is 3.38. The molecule has 3 N–H and O–H groups in total. The second kappa shape index (κ2) is 7.79. The Kier molecular flexibility index (Phi) is 5.76. The quantitative estimate of drug-likeness (QED) is 0.638. The summed E-state index contributed by atoms with van der Waals surface area (Å²) in [6.07, 6.45) is 1.51. The zero-order valence-electron chi connectivity index (χ0n) is 13.3. The number of amides is 2. The number of nitrogens with two attached hydrogens (primary N) is 1. The highest BCUT2D eigenvalue weighted by molar-refractivity contribution is 6.32. The maximum absolute atomic E-state index is 13.1. The smallest absolute Gasteiger partial charge is 0.332 e. The predicted octanol–water partition coefficient (Wildman–Crippen LogP) is 3.68. The molecule has 2 amide bonds. The molecule has 0 saturated carbocycles. The molecule has 0 spiro atoms. The van der Waals surface area contributed by atoms with Crippen molar-refractivity contribution in [3.05, 3.63) is 63.4 Å². The lowest BCUT2D eigenvalue weighted by Gasteiger charge is -2.12. The lowest BCUT2D eigenvalue weighted by atomic mass is 10.0. The molecule has 0 aliphatic heterocycles. The zero-order valence-corrected chi connectivity index (χ0v) is 14.0. The molecule has 0 aliphatic rings. The second-order valence-corrected chi connectivity index (χ2v) is 5.64. The Balaban J connectivity index is 2.17. The summed E-state index contributed by atoms with van der Waals surface area (Å²) in [4.78, 5) is 10.6. The molecule has 0 aliphatic carbocycles. The second-order valence-electron chi connectivity index (χ2n) is 5.23. The van der Waals surface area contributed by atoms with Crippen molar-refractivity contribution >= 4 is 23.8 Å². The summed E-state index contributed by atoms with van der Waals surface area (Å²) in [6, 6.07) is 7.12. The van der Waals surface area contributed by atoms with Crippen molar-refractivity contribution in [1.29, 1.82) is 0 Å². The predicted molar refractivity (Wildman–Crippen MR) is 92.0 cm³/mol. The molecule has 0 unspecified atom stereocenters. The first-order valence-corrected chi connectivity index (χ1v) is 7.51. The highest BCUT2D eigenvalue weighted by Crippen LogP contribution is 2.26. The van der Waals surface area contributed by atoms with Crippen LogP contribution in [0.25, 0.3) is 0 Å². The number of primary amides is 1. The number of benzene rings is 2. The van der Waals surface area contributed by atoms with Gasteiger partial charge in [0, 0.05) is 0 Å². The number of carbonyl (C=O) groups excluding carboxylic acids is 1. The van der Waals surface area contributed by atoms with Gasteiger partial charge >= 0.3 is 6.03 Å². The number of nitrogens with one attached hydrogen (secondary N) is 1. The van der Waals surface area contributed by atoms with Crippen molar-refractivity contribution < 1.29 is 13.9 Å². The van der Waals surface area contributed by atoms with Crippen LogP contribution in [0.3, 0.4) is 0 Å². The number of nitrogens with zero attached hydrogens (tertiary/aromatic N) is 1. The monoisotopic (exact) mass is 349 g/mol. The summed E-state index contributed by atoms with van der Waals surface area (Å²) >= 11 is 5.95. The van der Waals surface area contributed by atoms with Crippen LogP contribution in [0.4, 0.5) is 9.18 Å². The van der Waals surface area contributed by atoms with Crippen LogP contribution in [0, 0.1) is 19.7 Å². The van der Waals surface area contributed by atoms with Gasteiger partial charge in [-0.3, -0.25) is 0 Å². The molecule has 2 aromatic rings. The largest absolute Gasteiger partial charge is 0.487 e. The van der Waals surface area contributed by atoms with Gasteiger partial charge in [-0.2, -0.15) is 5.10 Å². The maximum atomic E-state index is 13.1. The molecule has 2 aromatic carbocycles. The molecule has 0 radical (unpaired) electrons. The first kappa shape index (κ1) is 17.7. The fourth-order valence-electron chi connectivity index (χ4n) is 2.12. The van der Waals surface area contributed by atoms with E-state index in [1.165, 1.54) is 24.4 Å². The van der Waals surface area contributed by atoms with Gasteiger partial charge in [0.05, 0.1) is 11.2 Å². The van der Waals surface area contributed by atoms with Gasteiger partial charge in [0.15, 0.2) is 0 Å². The molecule has 2 rings (SSSR count). The van der Waals surface area contributed by atoms with Gasteiger partial charge in [0.2, 0.25) is 0 Å². The van der Waals surface area contributed by atoms with Gasteiger partial charge in [-0.15, -0.1) is 0 Å². The number of hydrazone groups is 1. The number of halogens is 2. The van der Waals surface area contributed by atoms with Crippen LogP contribution < -0.4 is 15.9 Å². The molecule has 24 heavy (non-hydrogen) atoms. The van der Waals surface area contributed by atoms with E-state index in [1.807, 2.05) is 26.0 Å². The van der Waals surface area contributed by atoms with Crippen LogP contribution in [-0.4, -0.2) is 12.2 Å². The van der Waals surface area contributed by atoms with E-state index in [2.05, 4.69) is 10.5 Å². The number of hydrogen-bond donors (Lipinski definition) is 2. The van der Waals surface area contributed by atoms with Gasteiger partial charge < -0.3 is 10.5 Å². The Bertz CT molecular complexity index is 794. The summed E-state index contributed by atoms with van der Waals surface area (Å²) < 4.78 is 18.7. The molecule has 0 bridgehead atoms. The van der Waals surface area contributed by atoms with Gasteiger partial charge in [-0.05, 0) is 60.4 Å². The summed E-state index contributed by atoms with van der Waals surface area (Å²) in [5.41, 5.74) is 10.9. The zero-order chi connectivity index (χ0) is 17.7. The van der Waals surface area contributed by atoms with Crippen molar-refractivity contribution in [3.8, 4) is 5.75 Å². The molecule has 126 valence electrons. The third-order valence-corrected chi connectivity index (χ3v) is 3.68. The fourth-order valence-corrected chi connectivity index (χ4v) is 2.35. The molecule has 0 atom stereocenters. The first-order valence-electron chi connectivity index (χ1n) is 7.13. The van der Waals surface area contributed by atoms with E-state index in [4.69, 9.17) is 22.1 Å². The highest BCUT2D eigenvalue weighted by atomic mass is 35.5. The van der Waals surface area contributed by atoms with Gasteiger partial charge in [-0.25, -0.2) is 14.6 Å². The molecule has 0 fully saturated rings. The van der Waals surface area contributed by atoms with Crippen LogP contribution in [0.15, 0.2) is 35.4 Å². The SMILES string of the molecule is Cc1cc(C)c(COc2ccc(F)cc2Cl)cc1/C=N\NC(N)=O. The minimum Gasteiger partial charge on any atom is -0.487 e. The lowest BCUT2D eigenvalue weighted by Crippen LogP contribution is -2.24. The standard InChI is InChI=1S/C17H17ClFN3O2/c1-10-5-11(2)13(6-12(10)8-21-22-17(20)23)9-24-16-4-3-14(19)7-15(16)18/h3-8H,9H2,1-2H3,(H3,20,22,23)/b21-8-. The minimum atomic E-state index is -0.731. The lowest BCUT2D eigenvalue weighted by molar-refractivity contribution is 0.249. The van der Waals surface area contributed by atoms with Crippen LogP contribution in [0.2, 0.25) is 5.02 Å². The molecule has 5 nitrogen and oxygen atoms in total. The Labute approximate surface area is 144 Å². The van der Waals surface area contributed by atoms with Gasteiger partial charge in [0.25, 0.3) is 0 Å². The van der Waals surface area contributed by atoms with E-state index in [-0.39, 0.29) is 11.6 Å². The Morgan fingerprint density at radius 2 is 2.08 bits per heavy atom. The Morgan fingerprint density at radius 1 is 1.33 bits per heavy atom. The van der Waals surface area contributed by atoms with E-state index < -0.39 is 11.8 Å². The maximum Gasteiger partial charge on any atom is 0.332 e. The van der Waals surface area contributed by atoms with Crippen LogP contribution in [0.1, 0.15) is 22.3 Å². The minimum absolute atomic E-state index is 0.215. The number of ether oxygens (including phenoxy) is 1. The average Bonchev–Trinajstić information content (AvgIpc) is 2.49. The number of carbonyl (C=O) groups is 1. The average molecular weight is 350 g/mol. The van der Waals surface area contributed by atoms with E-state index in [9.17, 15) is 9.18 Å². The topological polar surface area (TPSA) is 76.7 Å². The van der Waals surface area contributed by atoms with Crippen molar-refractivity contribution in [1.82, 2.24) is 5.43 Å². The van der Waals surface area contributed by atoms with Crippen molar-refractivity contribution in [2.24, 2.45) is 10.8 Å².